The normalized spacial score (nSPS) is 11.4. The van der Waals surface area contributed by atoms with Gasteiger partial charge in [0.05, 0.1) is 11.3 Å². The van der Waals surface area contributed by atoms with Crippen LogP contribution in [0.2, 0.25) is 0 Å². The van der Waals surface area contributed by atoms with Crippen LogP contribution < -0.4 is 10.6 Å². The van der Waals surface area contributed by atoms with E-state index in [4.69, 9.17) is 0 Å². The fourth-order valence-corrected chi connectivity index (χ4v) is 4.12. The number of aromatic nitrogens is 1. The second-order valence-corrected chi connectivity index (χ2v) is 8.21. The minimum Gasteiger partial charge on any atom is -0.357 e. The third-order valence-electron chi connectivity index (χ3n) is 4.62. The Morgan fingerprint density at radius 3 is 2.37 bits per heavy atom. The van der Waals surface area contributed by atoms with E-state index >= 15 is 0 Å². The zero-order chi connectivity index (χ0) is 22.1. The highest BCUT2D eigenvalue weighted by molar-refractivity contribution is 7.17. The van der Waals surface area contributed by atoms with Crippen molar-refractivity contribution in [3.05, 3.63) is 74.8 Å². The predicted octanol–water partition coefficient (Wildman–Crippen LogP) is 6.26. The third kappa shape index (κ3) is 4.99. The maximum Gasteiger partial charge on any atom is 0.416 e. The zero-order valence-electron chi connectivity index (χ0n) is 17.1. The second kappa shape index (κ2) is 8.47. The standard InChI is InChI=1S/C22H22F3N3OS/c1-12-8-13(2)18(14(3)9-12)28-20(29)19-15(4)27-21(30-19)26-11-16-6-5-7-17(10-16)22(23,24)25/h5-10H,11H2,1-4H3,(H,26,27)(H,28,29). The van der Waals surface area contributed by atoms with E-state index in [-0.39, 0.29) is 12.5 Å². The summed E-state index contributed by atoms with van der Waals surface area (Å²) in [6.07, 6.45) is -4.38. The van der Waals surface area contributed by atoms with Crippen molar-refractivity contribution in [1.29, 1.82) is 0 Å². The third-order valence-corrected chi connectivity index (χ3v) is 5.73. The van der Waals surface area contributed by atoms with Crippen molar-refractivity contribution >= 4 is 28.1 Å². The molecule has 0 aliphatic carbocycles. The summed E-state index contributed by atoms with van der Waals surface area (Å²) in [5.74, 6) is -0.257. The summed E-state index contributed by atoms with van der Waals surface area (Å²) in [4.78, 5) is 17.6. The summed E-state index contributed by atoms with van der Waals surface area (Å²) in [7, 11) is 0. The Hall–Kier alpha value is -2.87. The van der Waals surface area contributed by atoms with E-state index in [0.717, 1.165) is 34.5 Å². The number of nitrogens with one attached hydrogen (secondary N) is 2. The number of carbonyl (C=O) groups excluding carboxylic acids is 1. The van der Waals surface area contributed by atoms with E-state index < -0.39 is 11.7 Å². The smallest absolute Gasteiger partial charge is 0.357 e. The molecule has 0 bridgehead atoms. The van der Waals surface area contributed by atoms with Crippen molar-refractivity contribution in [2.24, 2.45) is 0 Å². The molecule has 0 aliphatic heterocycles. The Morgan fingerprint density at radius 2 is 1.73 bits per heavy atom. The number of nitrogens with zero attached hydrogens (tertiary/aromatic N) is 1. The molecule has 0 radical (unpaired) electrons. The number of amides is 1. The summed E-state index contributed by atoms with van der Waals surface area (Å²) in [6.45, 7) is 7.79. The van der Waals surface area contributed by atoms with Crippen LogP contribution in [-0.4, -0.2) is 10.9 Å². The summed E-state index contributed by atoms with van der Waals surface area (Å²) in [6, 6.07) is 9.13. The van der Waals surface area contributed by atoms with Gasteiger partial charge in [-0.05, 0) is 56.5 Å². The van der Waals surface area contributed by atoms with E-state index in [1.807, 2.05) is 32.9 Å². The lowest BCUT2D eigenvalue weighted by atomic mass is 10.1. The van der Waals surface area contributed by atoms with Crippen LogP contribution >= 0.6 is 11.3 Å². The number of hydrogen-bond acceptors (Lipinski definition) is 4. The van der Waals surface area contributed by atoms with Crippen LogP contribution in [0.15, 0.2) is 36.4 Å². The Kier molecular flexibility index (Phi) is 6.17. The summed E-state index contributed by atoms with van der Waals surface area (Å²) in [5, 5.41) is 6.44. The van der Waals surface area contributed by atoms with Gasteiger partial charge in [-0.25, -0.2) is 4.98 Å². The predicted molar refractivity (Wildman–Crippen MR) is 114 cm³/mol. The molecule has 0 fully saturated rings. The minimum atomic E-state index is -4.38. The van der Waals surface area contributed by atoms with Gasteiger partial charge >= 0.3 is 6.18 Å². The highest BCUT2D eigenvalue weighted by atomic mass is 32.1. The van der Waals surface area contributed by atoms with Gasteiger partial charge in [-0.3, -0.25) is 4.79 Å². The van der Waals surface area contributed by atoms with Gasteiger partial charge in [-0.2, -0.15) is 13.2 Å². The van der Waals surface area contributed by atoms with Crippen LogP contribution in [0.3, 0.4) is 0 Å². The molecule has 3 rings (SSSR count). The number of carbonyl (C=O) groups is 1. The number of alkyl halides is 3. The lowest BCUT2D eigenvalue weighted by Gasteiger charge is -2.12. The number of halogens is 3. The fourth-order valence-electron chi connectivity index (χ4n) is 3.27. The average molecular weight is 433 g/mol. The van der Waals surface area contributed by atoms with E-state index in [0.29, 0.717) is 21.3 Å². The van der Waals surface area contributed by atoms with E-state index in [2.05, 4.69) is 15.6 Å². The first kappa shape index (κ1) is 21.8. The monoisotopic (exact) mass is 433 g/mol. The van der Waals surface area contributed by atoms with Gasteiger partial charge in [0.25, 0.3) is 5.91 Å². The summed E-state index contributed by atoms with van der Waals surface area (Å²) in [5.41, 5.74) is 4.20. The molecule has 0 aliphatic rings. The molecule has 0 saturated carbocycles. The molecule has 30 heavy (non-hydrogen) atoms. The van der Waals surface area contributed by atoms with Crippen molar-refractivity contribution in [3.63, 3.8) is 0 Å². The molecule has 158 valence electrons. The van der Waals surface area contributed by atoms with Crippen LogP contribution in [0.4, 0.5) is 24.0 Å². The zero-order valence-corrected chi connectivity index (χ0v) is 17.9. The maximum absolute atomic E-state index is 12.9. The topological polar surface area (TPSA) is 54.0 Å². The number of hydrogen-bond donors (Lipinski definition) is 2. The quantitative estimate of drug-likeness (QED) is 0.499. The fraction of sp³-hybridized carbons (Fsp3) is 0.273. The number of anilines is 2. The summed E-state index contributed by atoms with van der Waals surface area (Å²) >= 11 is 1.17. The molecule has 1 heterocycles. The summed E-state index contributed by atoms with van der Waals surface area (Å²) < 4.78 is 38.6. The number of aryl methyl sites for hydroxylation is 4. The number of benzene rings is 2. The van der Waals surface area contributed by atoms with Gasteiger partial charge in [0.1, 0.15) is 4.88 Å². The van der Waals surface area contributed by atoms with E-state index in [1.54, 1.807) is 13.0 Å². The molecule has 3 aromatic rings. The molecule has 0 saturated heterocycles. The van der Waals surface area contributed by atoms with Crippen LogP contribution in [0.25, 0.3) is 0 Å². The molecule has 4 nitrogen and oxygen atoms in total. The lowest BCUT2D eigenvalue weighted by molar-refractivity contribution is -0.137. The number of rotatable bonds is 5. The molecule has 8 heteroatoms. The molecule has 0 atom stereocenters. The van der Waals surface area contributed by atoms with Gasteiger partial charge in [-0.1, -0.05) is 41.2 Å². The second-order valence-electron chi connectivity index (χ2n) is 7.21. The van der Waals surface area contributed by atoms with Gasteiger partial charge < -0.3 is 10.6 Å². The first-order valence-electron chi connectivity index (χ1n) is 9.31. The van der Waals surface area contributed by atoms with Crippen LogP contribution in [0, 0.1) is 27.7 Å². The minimum absolute atomic E-state index is 0.175. The van der Waals surface area contributed by atoms with Crippen LogP contribution in [0.1, 0.15) is 43.2 Å². The largest absolute Gasteiger partial charge is 0.416 e. The van der Waals surface area contributed by atoms with Crippen LogP contribution in [-0.2, 0) is 12.7 Å². The van der Waals surface area contributed by atoms with Gasteiger partial charge in [0, 0.05) is 12.2 Å². The Balaban J connectivity index is 1.72. The Labute approximate surface area is 177 Å². The van der Waals surface area contributed by atoms with Gasteiger partial charge in [0.15, 0.2) is 5.13 Å². The van der Waals surface area contributed by atoms with Gasteiger partial charge in [0.2, 0.25) is 0 Å². The van der Waals surface area contributed by atoms with E-state index in [1.165, 1.54) is 17.4 Å². The molecular weight excluding hydrogens is 411 g/mol. The molecular formula is C22H22F3N3OS. The van der Waals surface area contributed by atoms with Crippen molar-refractivity contribution in [3.8, 4) is 0 Å². The molecule has 0 unspecified atom stereocenters. The Morgan fingerprint density at radius 1 is 1.07 bits per heavy atom. The highest BCUT2D eigenvalue weighted by Crippen LogP contribution is 2.30. The van der Waals surface area contributed by atoms with Crippen molar-refractivity contribution < 1.29 is 18.0 Å². The molecule has 2 N–H and O–H groups in total. The molecule has 2 aromatic carbocycles. The molecule has 1 amide bonds. The van der Waals surface area contributed by atoms with Crippen molar-refractivity contribution in [1.82, 2.24) is 4.98 Å². The molecule has 0 spiro atoms. The first-order chi connectivity index (χ1) is 14.0. The van der Waals surface area contributed by atoms with E-state index in [9.17, 15) is 18.0 Å². The Bertz CT molecular complexity index is 1070. The van der Waals surface area contributed by atoms with Crippen molar-refractivity contribution in [2.45, 2.75) is 40.4 Å². The maximum atomic E-state index is 12.9. The average Bonchev–Trinajstić information content (AvgIpc) is 3.03. The van der Waals surface area contributed by atoms with Crippen LogP contribution in [0.5, 0.6) is 0 Å². The number of thiazole rings is 1. The highest BCUT2D eigenvalue weighted by Gasteiger charge is 2.30. The SMILES string of the molecule is Cc1cc(C)c(NC(=O)c2sc(NCc3cccc(C(F)(F)F)c3)nc2C)c(C)c1. The molecule has 1 aromatic heterocycles. The first-order valence-corrected chi connectivity index (χ1v) is 10.1. The van der Waals surface area contributed by atoms with Crippen molar-refractivity contribution in [2.75, 3.05) is 10.6 Å². The van der Waals surface area contributed by atoms with Gasteiger partial charge in [-0.15, -0.1) is 0 Å². The lowest BCUT2D eigenvalue weighted by Crippen LogP contribution is -2.13.